The van der Waals surface area contributed by atoms with Crippen molar-refractivity contribution in [2.24, 2.45) is 0 Å². The monoisotopic (exact) mass is 431 g/mol. The number of ether oxygens (including phenoxy) is 2. The van der Waals surface area contributed by atoms with E-state index in [2.05, 4.69) is 14.2 Å². The Kier molecular flexibility index (Phi) is 6.50. The van der Waals surface area contributed by atoms with Crippen LogP contribution in [0.25, 0.3) is 0 Å². The number of rotatable bonds is 7. The number of hydrogen-bond acceptors (Lipinski definition) is 4. The van der Waals surface area contributed by atoms with Crippen molar-refractivity contribution < 1.29 is 39.8 Å². The molecule has 0 aliphatic rings. The number of benzene rings is 2. The molecule has 0 unspecified atom stereocenters. The van der Waals surface area contributed by atoms with E-state index in [0.29, 0.717) is 0 Å². The number of alkyl halides is 5. The summed E-state index contributed by atoms with van der Waals surface area (Å²) in [7, 11) is -4.15. The second-order valence-electron chi connectivity index (χ2n) is 4.97. The molecule has 2 rings (SSSR count). The molecule has 0 radical (unpaired) electrons. The first-order valence-corrected chi connectivity index (χ1v) is 8.91. The molecule has 148 valence electrons. The second kappa shape index (κ2) is 8.28. The molecule has 0 aliphatic carbocycles. The molecule has 0 saturated heterocycles. The van der Waals surface area contributed by atoms with Crippen LogP contribution in [0.2, 0.25) is 5.02 Å². The van der Waals surface area contributed by atoms with Gasteiger partial charge in [-0.2, -0.15) is 8.78 Å². The van der Waals surface area contributed by atoms with E-state index < -0.39 is 35.3 Å². The smallest absolute Gasteiger partial charge is 0.434 e. The zero-order chi connectivity index (χ0) is 20.2. The minimum absolute atomic E-state index is 0.0448. The van der Waals surface area contributed by atoms with Gasteiger partial charge in [-0.1, -0.05) is 11.6 Å². The van der Waals surface area contributed by atoms with Gasteiger partial charge in [0.15, 0.2) is 0 Å². The van der Waals surface area contributed by atoms with Gasteiger partial charge in [0.2, 0.25) is 10.0 Å². The molecule has 0 fully saturated rings. The SMILES string of the molecule is O=S(=O)(NCc1cc(Cl)ccc1OC(F)F)c1ccc(OC(F)(F)F)cc1. The van der Waals surface area contributed by atoms with Gasteiger partial charge in [-0.15, -0.1) is 13.2 Å². The zero-order valence-corrected chi connectivity index (χ0v) is 14.7. The van der Waals surface area contributed by atoms with Gasteiger partial charge in [-0.25, -0.2) is 13.1 Å². The molecule has 27 heavy (non-hydrogen) atoms. The van der Waals surface area contributed by atoms with Crippen LogP contribution in [0, 0.1) is 0 Å². The average molecular weight is 432 g/mol. The quantitative estimate of drug-likeness (QED) is 0.663. The van der Waals surface area contributed by atoms with E-state index in [4.69, 9.17) is 11.6 Å². The topological polar surface area (TPSA) is 64.6 Å². The van der Waals surface area contributed by atoms with Crippen LogP contribution in [0.15, 0.2) is 47.4 Å². The highest BCUT2D eigenvalue weighted by Crippen LogP contribution is 2.26. The van der Waals surface area contributed by atoms with Gasteiger partial charge in [0, 0.05) is 17.1 Å². The van der Waals surface area contributed by atoms with E-state index >= 15 is 0 Å². The summed E-state index contributed by atoms with van der Waals surface area (Å²) in [5, 5.41) is 0.166. The van der Waals surface area contributed by atoms with Crippen LogP contribution in [-0.2, 0) is 16.6 Å². The summed E-state index contributed by atoms with van der Waals surface area (Å²) in [6.45, 7) is -3.56. The van der Waals surface area contributed by atoms with Gasteiger partial charge >= 0.3 is 13.0 Å². The van der Waals surface area contributed by atoms with Crippen molar-refractivity contribution in [2.75, 3.05) is 0 Å². The Bertz CT molecular complexity index is 888. The predicted molar refractivity (Wildman–Crippen MR) is 85.2 cm³/mol. The number of nitrogens with one attached hydrogen (secondary N) is 1. The molecule has 0 bridgehead atoms. The van der Waals surface area contributed by atoms with Crippen LogP contribution in [0.1, 0.15) is 5.56 Å². The molecule has 2 aromatic rings. The molecule has 2 aromatic carbocycles. The van der Waals surface area contributed by atoms with E-state index in [0.717, 1.165) is 30.3 Å². The van der Waals surface area contributed by atoms with E-state index in [1.807, 2.05) is 0 Å². The Balaban J connectivity index is 2.14. The van der Waals surface area contributed by atoms with Crippen LogP contribution >= 0.6 is 11.6 Å². The van der Waals surface area contributed by atoms with Gasteiger partial charge in [-0.05, 0) is 42.5 Å². The van der Waals surface area contributed by atoms with E-state index in [1.165, 1.54) is 12.1 Å². The van der Waals surface area contributed by atoms with Gasteiger partial charge in [0.25, 0.3) is 0 Å². The van der Waals surface area contributed by atoms with Crippen LogP contribution in [0.4, 0.5) is 22.0 Å². The molecule has 0 spiro atoms. The Morgan fingerprint density at radius 3 is 2.26 bits per heavy atom. The number of hydrogen-bond donors (Lipinski definition) is 1. The standard InChI is InChI=1S/C15H11ClF5NO4S/c16-10-1-6-13(25-14(17)18)9(7-10)8-22-27(23,24)12-4-2-11(3-5-12)26-15(19,20)21/h1-7,14,22H,8H2. The van der Waals surface area contributed by atoms with Gasteiger partial charge in [0.1, 0.15) is 11.5 Å². The second-order valence-corrected chi connectivity index (χ2v) is 7.18. The van der Waals surface area contributed by atoms with Gasteiger partial charge in [-0.3, -0.25) is 0 Å². The van der Waals surface area contributed by atoms with Gasteiger partial charge < -0.3 is 9.47 Å². The first-order chi connectivity index (χ1) is 12.5. The molecule has 0 saturated carbocycles. The molecule has 1 N–H and O–H groups in total. The highest BCUT2D eigenvalue weighted by Gasteiger charge is 2.31. The maximum Gasteiger partial charge on any atom is 0.573 e. The van der Waals surface area contributed by atoms with Crippen molar-refractivity contribution in [3.63, 3.8) is 0 Å². The Morgan fingerprint density at radius 1 is 1.07 bits per heavy atom. The van der Waals surface area contributed by atoms with E-state index in [9.17, 15) is 30.4 Å². The van der Waals surface area contributed by atoms with E-state index in [1.54, 1.807) is 0 Å². The van der Waals surface area contributed by atoms with Crippen molar-refractivity contribution in [1.29, 1.82) is 0 Å². The van der Waals surface area contributed by atoms with Crippen molar-refractivity contribution >= 4 is 21.6 Å². The lowest BCUT2D eigenvalue weighted by Gasteiger charge is -2.13. The third kappa shape index (κ3) is 6.52. The Labute approximate surface area is 155 Å². The average Bonchev–Trinajstić information content (AvgIpc) is 2.54. The molecule has 0 atom stereocenters. The molecule has 5 nitrogen and oxygen atoms in total. The lowest BCUT2D eigenvalue weighted by atomic mass is 10.2. The fourth-order valence-electron chi connectivity index (χ4n) is 1.97. The lowest BCUT2D eigenvalue weighted by molar-refractivity contribution is -0.274. The Morgan fingerprint density at radius 2 is 1.70 bits per heavy atom. The maximum absolute atomic E-state index is 12.4. The predicted octanol–water partition coefficient (Wildman–Crippen LogP) is 4.32. The molecular formula is C15H11ClF5NO4S. The first-order valence-electron chi connectivity index (χ1n) is 7.05. The molecule has 0 amide bonds. The summed E-state index contributed by atoms with van der Waals surface area (Å²) >= 11 is 5.76. The fraction of sp³-hybridized carbons (Fsp3) is 0.200. The first kappa shape index (κ1) is 21.2. The zero-order valence-electron chi connectivity index (χ0n) is 13.1. The number of sulfonamides is 1. The summed E-state index contributed by atoms with van der Waals surface area (Å²) in [5.74, 6) is -0.866. The minimum atomic E-state index is -4.91. The summed E-state index contributed by atoms with van der Waals surface area (Å²) in [5.41, 5.74) is 0.0448. The summed E-state index contributed by atoms with van der Waals surface area (Å²) in [6.07, 6.45) is -4.91. The van der Waals surface area contributed by atoms with Crippen molar-refractivity contribution in [3.8, 4) is 11.5 Å². The van der Waals surface area contributed by atoms with Crippen molar-refractivity contribution in [2.45, 2.75) is 24.4 Å². The number of halogens is 6. The fourth-order valence-corrected chi connectivity index (χ4v) is 3.17. The Hall–Kier alpha value is -2.11. The van der Waals surface area contributed by atoms with Gasteiger partial charge in [0.05, 0.1) is 4.90 Å². The van der Waals surface area contributed by atoms with E-state index in [-0.39, 0.29) is 21.2 Å². The lowest BCUT2D eigenvalue weighted by Crippen LogP contribution is -2.24. The summed E-state index contributed by atoms with van der Waals surface area (Å²) < 4.78 is 95.7. The molecule has 0 heterocycles. The van der Waals surface area contributed by atoms with Crippen LogP contribution in [0.5, 0.6) is 11.5 Å². The van der Waals surface area contributed by atoms with Crippen molar-refractivity contribution in [1.82, 2.24) is 4.72 Å². The largest absolute Gasteiger partial charge is 0.573 e. The third-order valence-electron chi connectivity index (χ3n) is 3.06. The highest BCUT2D eigenvalue weighted by molar-refractivity contribution is 7.89. The van der Waals surface area contributed by atoms with Crippen LogP contribution in [0.3, 0.4) is 0 Å². The molecular weight excluding hydrogens is 421 g/mol. The maximum atomic E-state index is 12.4. The summed E-state index contributed by atoms with van der Waals surface area (Å²) in [6, 6.07) is 7.13. The minimum Gasteiger partial charge on any atom is -0.434 e. The molecule has 0 aromatic heterocycles. The van der Waals surface area contributed by atoms with Crippen LogP contribution < -0.4 is 14.2 Å². The highest BCUT2D eigenvalue weighted by atomic mass is 35.5. The summed E-state index contributed by atoms with van der Waals surface area (Å²) in [4.78, 5) is -0.351. The normalized spacial score (nSPS) is 12.3. The third-order valence-corrected chi connectivity index (χ3v) is 4.71. The van der Waals surface area contributed by atoms with Crippen LogP contribution in [-0.4, -0.2) is 21.4 Å². The molecule has 0 aliphatic heterocycles. The van der Waals surface area contributed by atoms with Crippen molar-refractivity contribution in [3.05, 3.63) is 53.1 Å². The molecule has 12 heteroatoms.